The molecule has 1 aromatic rings. The molecule has 1 rings (SSSR count). The van der Waals surface area contributed by atoms with Crippen LogP contribution in [0, 0.1) is 0 Å². The van der Waals surface area contributed by atoms with Crippen molar-refractivity contribution >= 4 is 10.0 Å². The van der Waals surface area contributed by atoms with Crippen molar-refractivity contribution in [2.45, 2.75) is 30.9 Å². The van der Waals surface area contributed by atoms with Crippen LogP contribution < -0.4 is 10.5 Å². The third-order valence-corrected chi connectivity index (χ3v) is 3.32. The molecule has 2 atom stereocenters. The molecule has 0 saturated heterocycles. The van der Waals surface area contributed by atoms with Gasteiger partial charge in [0.2, 0.25) is 10.0 Å². The summed E-state index contributed by atoms with van der Waals surface area (Å²) >= 11 is 0. The Hall–Kier alpha value is -0.950. The van der Waals surface area contributed by atoms with E-state index in [0.29, 0.717) is 6.54 Å². The average Bonchev–Trinajstić information content (AvgIpc) is 2.25. The quantitative estimate of drug-likeness (QED) is 0.711. The zero-order valence-electron chi connectivity index (χ0n) is 9.92. The van der Waals surface area contributed by atoms with Gasteiger partial charge in [0.15, 0.2) is 0 Å². The maximum Gasteiger partial charge on any atom is 0.238 e. The highest BCUT2D eigenvalue weighted by atomic mass is 32.2. The molecule has 0 bridgehead atoms. The van der Waals surface area contributed by atoms with Gasteiger partial charge in [-0.25, -0.2) is 13.6 Å². The van der Waals surface area contributed by atoms with Crippen LogP contribution in [0.3, 0.4) is 0 Å². The predicted molar refractivity (Wildman–Crippen MR) is 65.9 cm³/mol. The van der Waals surface area contributed by atoms with E-state index < -0.39 is 16.1 Å². The Morgan fingerprint density at radius 2 is 2.06 bits per heavy atom. The first-order valence-corrected chi connectivity index (χ1v) is 6.89. The van der Waals surface area contributed by atoms with E-state index in [1.807, 2.05) is 13.0 Å². The number of benzene rings is 1. The number of sulfonamides is 1. The third kappa shape index (κ3) is 4.43. The summed E-state index contributed by atoms with van der Waals surface area (Å²) in [5.74, 6) is 0. The number of hydrogen-bond acceptors (Lipinski definition) is 4. The van der Waals surface area contributed by atoms with Crippen LogP contribution in [-0.4, -0.2) is 26.2 Å². The van der Waals surface area contributed by atoms with Gasteiger partial charge in [-0.3, -0.25) is 0 Å². The molecule has 0 aliphatic rings. The predicted octanol–water partition coefficient (Wildman–Crippen LogP) is 0.365. The molecule has 0 heterocycles. The van der Waals surface area contributed by atoms with Crippen molar-refractivity contribution in [2.24, 2.45) is 5.14 Å². The van der Waals surface area contributed by atoms with Gasteiger partial charge in [-0.1, -0.05) is 12.1 Å². The van der Waals surface area contributed by atoms with E-state index in [2.05, 4.69) is 5.32 Å². The molecule has 0 radical (unpaired) electrons. The second-order valence-electron chi connectivity index (χ2n) is 4.10. The maximum absolute atomic E-state index is 11.2. The number of aliphatic hydroxyl groups excluding tert-OH is 1. The molecule has 1 aromatic carbocycles. The lowest BCUT2D eigenvalue weighted by atomic mass is 10.1. The molecule has 17 heavy (non-hydrogen) atoms. The van der Waals surface area contributed by atoms with Gasteiger partial charge in [0.1, 0.15) is 0 Å². The van der Waals surface area contributed by atoms with Gasteiger partial charge in [0.05, 0.1) is 11.0 Å². The Kier molecular flexibility index (Phi) is 4.64. The van der Waals surface area contributed by atoms with Crippen LogP contribution in [0.5, 0.6) is 0 Å². The normalized spacial score (nSPS) is 15.5. The molecule has 0 aliphatic carbocycles. The van der Waals surface area contributed by atoms with Gasteiger partial charge in [0, 0.05) is 12.6 Å². The molecule has 96 valence electrons. The van der Waals surface area contributed by atoms with Crippen LogP contribution in [0.2, 0.25) is 0 Å². The van der Waals surface area contributed by atoms with E-state index in [4.69, 9.17) is 10.2 Å². The summed E-state index contributed by atoms with van der Waals surface area (Å²) in [5.41, 5.74) is 0.817. The SMILES string of the molecule is CC(NC[C@H](C)O)c1cccc(S(N)(=O)=O)c1. The van der Waals surface area contributed by atoms with Crippen LogP contribution in [0.4, 0.5) is 0 Å². The molecule has 0 aliphatic heterocycles. The second kappa shape index (κ2) is 5.59. The molecule has 0 amide bonds. The molecule has 0 saturated carbocycles. The standard InChI is InChI=1S/C11H18N2O3S/c1-8(14)7-13-9(2)10-4-3-5-11(6-10)17(12,15)16/h3-6,8-9,13-14H,7H2,1-2H3,(H2,12,15,16)/t8-,9?/m0/s1. The lowest BCUT2D eigenvalue weighted by Crippen LogP contribution is -2.27. The van der Waals surface area contributed by atoms with Crippen molar-refractivity contribution in [3.05, 3.63) is 29.8 Å². The summed E-state index contributed by atoms with van der Waals surface area (Å²) in [7, 11) is -3.67. The molecule has 1 unspecified atom stereocenters. The molecular weight excluding hydrogens is 240 g/mol. The lowest BCUT2D eigenvalue weighted by Gasteiger charge is -2.16. The van der Waals surface area contributed by atoms with Crippen LogP contribution >= 0.6 is 0 Å². The van der Waals surface area contributed by atoms with E-state index in [1.165, 1.54) is 12.1 Å². The lowest BCUT2D eigenvalue weighted by molar-refractivity contribution is 0.187. The molecule has 0 spiro atoms. The summed E-state index contributed by atoms with van der Waals surface area (Å²) < 4.78 is 22.4. The van der Waals surface area contributed by atoms with Gasteiger partial charge in [-0.2, -0.15) is 0 Å². The molecule has 0 fully saturated rings. The number of hydrogen-bond donors (Lipinski definition) is 3. The van der Waals surface area contributed by atoms with E-state index in [-0.39, 0.29) is 10.9 Å². The van der Waals surface area contributed by atoms with E-state index >= 15 is 0 Å². The Balaban J connectivity index is 2.85. The Morgan fingerprint density at radius 3 is 2.59 bits per heavy atom. The van der Waals surface area contributed by atoms with Gasteiger partial charge in [-0.05, 0) is 31.5 Å². The fourth-order valence-corrected chi connectivity index (χ4v) is 1.99. The van der Waals surface area contributed by atoms with Crippen LogP contribution in [0.25, 0.3) is 0 Å². The molecular formula is C11H18N2O3S. The van der Waals surface area contributed by atoms with E-state index in [1.54, 1.807) is 13.0 Å². The number of primary sulfonamides is 1. The van der Waals surface area contributed by atoms with Crippen molar-refractivity contribution in [3.8, 4) is 0 Å². The van der Waals surface area contributed by atoms with E-state index in [0.717, 1.165) is 5.56 Å². The van der Waals surface area contributed by atoms with E-state index in [9.17, 15) is 8.42 Å². The summed E-state index contributed by atoms with van der Waals surface area (Å²) in [6.45, 7) is 4.02. The minimum atomic E-state index is -3.67. The second-order valence-corrected chi connectivity index (χ2v) is 5.66. The maximum atomic E-state index is 11.2. The number of nitrogens with one attached hydrogen (secondary N) is 1. The summed E-state index contributed by atoms with van der Waals surface area (Å²) in [6, 6.07) is 6.41. The van der Waals surface area contributed by atoms with Crippen molar-refractivity contribution in [1.82, 2.24) is 5.32 Å². The average molecular weight is 258 g/mol. The Labute approximate surface area is 102 Å². The zero-order chi connectivity index (χ0) is 13.1. The first-order valence-electron chi connectivity index (χ1n) is 5.35. The Morgan fingerprint density at radius 1 is 1.41 bits per heavy atom. The van der Waals surface area contributed by atoms with Crippen molar-refractivity contribution in [2.75, 3.05) is 6.54 Å². The summed E-state index contributed by atoms with van der Waals surface area (Å²) in [6.07, 6.45) is -0.445. The fraction of sp³-hybridized carbons (Fsp3) is 0.455. The van der Waals surface area contributed by atoms with Crippen molar-refractivity contribution < 1.29 is 13.5 Å². The Bertz CT molecular complexity index is 471. The van der Waals surface area contributed by atoms with Crippen molar-refractivity contribution in [3.63, 3.8) is 0 Å². The van der Waals surface area contributed by atoms with Gasteiger partial charge in [-0.15, -0.1) is 0 Å². The van der Waals surface area contributed by atoms with Gasteiger partial charge < -0.3 is 10.4 Å². The molecule has 0 aromatic heterocycles. The van der Waals surface area contributed by atoms with Crippen LogP contribution in [-0.2, 0) is 10.0 Å². The summed E-state index contributed by atoms with van der Waals surface area (Å²) in [5, 5.41) is 17.3. The first kappa shape index (κ1) is 14.1. The van der Waals surface area contributed by atoms with Crippen LogP contribution in [0.15, 0.2) is 29.2 Å². The largest absolute Gasteiger partial charge is 0.392 e. The highest BCUT2D eigenvalue weighted by Gasteiger charge is 2.11. The van der Waals surface area contributed by atoms with Gasteiger partial charge >= 0.3 is 0 Å². The monoisotopic (exact) mass is 258 g/mol. The molecule has 5 nitrogen and oxygen atoms in total. The van der Waals surface area contributed by atoms with Crippen molar-refractivity contribution in [1.29, 1.82) is 0 Å². The molecule has 4 N–H and O–H groups in total. The topological polar surface area (TPSA) is 92.4 Å². The van der Waals surface area contributed by atoms with Crippen LogP contribution in [0.1, 0.15) is 25.5 Å². The minimum Gasteiger partial charge on any atom is -0.392 e. The zero-order valence-corrected chi connectivity index (χ0v) is 10.7. The highest BCUT2D eigenvalue weighted by Crippen LogP contribution is 2.16. The number of aliphatic hydroxyl groups is 1. The number of nitrogens with two attached hydrogens (primary N) is 1. The van der Waals surface area contributed by atoms with Gasteiger partial charge in [0.25, 0.3) is 0 Å². The third-order valence-electron chi connectivity index (χ3n) is 2.41. The minimum absolute atomic E-state index is 0.0497. The molecule has 6 heteroatoms. The summed E-state index contributed by atoms with van der Waals surface area (Å²) in [4.78, 5) is 0.0979. The fourth-order valence-electron chi connectivity index (χ4n) is 1.43. The number of rotatable bonds is 5. The highest BCUT2D eigenvalue weighted by molar-refractivity contribution is 7.89. The first-order chi connectivity index (χ1) is 7.80. The smallest absolute Gasteiger partial charge is 0.238 e.